The number of fused-ring (bicyclic) bond motifs is 1. The first kappa shape index (κ1) is 18.2. The minimum absolute atomic E-state index is 0.0385. The first-order valence-electron chi connectivity index (χ1n) is 9.18. The highest BCUT2D eigenvalue weighted by Crippen LogP contribution is 2.40. The Bertz CT molecular complexity index is 885. The maximum atomic E-state index is 13.1. The van der Waals surface area contributed by atoms with E-state index in [1.807, 2.05) is 0 Å². The largest absolute Gasteiger partial charge is 0.433 e. The Morgan fingerprint density at radius 3 is 2.52 bits per heavy atom. The molecule has 0 spiro atoms. The smallest absolute Gasteiger partial charge is 0.389 e. The van der Waals surface area contributed by atoms with Gasteiger partial charge in [-0.25, -0.2) is 9.97 Å². The fraction of sp³-hybridized carbons (Fsp3) is 0.611. The van der Waals surface area contributed by atoms with E-state index in [1.54, 1.807) is 11.5 Å². The summed E-state index contributed by atoms with van der Waals surface area (Å²) in [6, 6.07) is 2.13. The molecule has 0 aromatic carbocycles. The van der Waals surface area contributed by atoms with Crippen LogP contribution in [0.15, 0.2) is 12.1 Å². The topological polar surface area (TPSA) is 80.0 Å². The minimum Gasteiger partial charge on any atom is -0.389 e. The zero-order valence-corrected chi connectivity index (χ0v) is 14.9. The van der Waals surface area contributed by atoms with Crippen LogP contribution in [0.3, 0.4) is 0 Å². The molecule has 0 radical (unpaired) electrons. The van der Waals surface area contributed by atoms with Gasteiger partial charge in [0.25, 0.3) is 0 Å². The predicted molar refractivity (Wildman–Crippen MR) is 92.0 cm³/mol. The third-order valence-corrected chi connectivity index (χ3v) is 5.92. The average Bonchev–Trinajstić information content (AvgIpc) is 2.87. The van der Waals surface area contributed by atoms with Crippen molar-refractivity contribution >= 4 is 23.0 Å². The molecule has 27 heavy (non-hydrogen) atoms. The molecule has 2 aromatic rings. The number of nitrogens with one attached hydrogen (secondary N) is 1. The standard InChI is InChI=1S/C18H21F3N4O2/c1-10(17(27)8-3-9-17)15(26)24-16-22-12-6-7-13(18(19,20)21)23-14(12)25(16)11-4-2-5-11/h6-7,10-11,27H,2-5,8-9H2,1H3,(H,22,24,26)/t10-/m1/s1. The van der Waals surface area contributed by atoms with E-state index in [1.165, 1.54) is 6.07 Å². The molecule has 2 aromatic heterocycles. The summed E-state index contributed by atoms with van der Waals surface area (Å²) < 4.78 is 40.8. The molecule has 2 heterocycles. The molecule has 2 saturated carbocycles. The molecular weight excluding hydrogens is 361 g/mol. The monoisotopic (exact) mass is 382 g/mol. The maximum absolute atomic E-state index is 13.1. The SMILES string of the molecule is C[C@H](C(=O)Nc1nc2ccc(C(F)(F)F)nc2n1C1CCC1)C1(O)CCC1. The quantitative estimate of drug-likeness (QED) is 0.846. The number of aromatic nitrogens is 3. The number of imidazole rings is 1. The van der Waals surface area contributed by atoms with Crippen molar-refractivity contribution in [3.8, 4) is 0 Å². The third kappa shape index (κ3) is 3.07. The van der Waals surface area contributed by atoms with Crippen molar-refractivity contribution in [1.82, 2.24) is 14.5 Å². The van der Waals surface area contributed by atoms with Crippen LogP contribution in [-0.2, 0) is 11.0 Å². The van der Waals surface area contributed by atoms with E-state index in [9.17, 15) is 23.1 Å². The number of hydrogen-bond acceptors (Lipinski definition) is 4. The number of carbonyl (C=O) groups excluding carboxylic acids is 1. The summed E-state index contributed by atoms with van der Waals surface area (Å²) in [6.45, 7) is 1.66. The number of halogens is 3. The predicted octanol–water partition coefficient (Wildman–Crippen LogP) is 3.66. The molecule has 6 nitrogen and oxygen atoms in total. The Labute approximate surface area is 153 Å². The number of anilines is 1. The molecule has 1 atom stereocenters. The molecule has 0 aliphatic heterocycles. The fourth-order valence-corrected chi connectivity index (χ4v) is 3.65. The highest BCUT2D eigenvalue weighted by molar-refractivity contribution is 5.93. The van der Waals surface area contributed by atoms with Gasteiger partial charge in [-0.15, -0.1) is 0 Å². The molecule has 146 valence electrons. The van der Waals surface area contributed by atoms with Gasteiger partial charge in [-0.3, -0.25) is 14.7 Å². The Morgan fingerprint density at radius 1 is 1.30 bits per heavy atom. The van der Waals surface area contributed by atoms with Crippen LogP contribution in [0.25, 0.3) is 11.2 Å². The van der Waals surface area contributed by atoms with Crippen molar-refractivity contribution in [3.63, 3.8) is 0 Å². The van der Waals surface area contributed by atoms with Gasteiger partial charge in [0.1, 0.15) is 11.2 Å². The van der Waals surface area contributed by atoms with Crippen molar-refractivity contribution in [3.05, 3.63) is 17.8 Å². The van der Waals surface area contributed by atoms with Crippen LogP contribution in [0.1, 0.15) is 57.2 Å². The van der Waals surface area contributed by atoms with E-state index in [-0.39, 0.29) is 23.5 Å². The highest BCUT2D eigenvalue weighted by Gasteiger charge is 2.43. The Morgan fingerprint density at radius 2 is 2.00 bits per heavy atom. The van der Waals surface area contributed by atoms with Crippen molar-refractivity contribution in [2.75, 3.05) is 5.32 Å². The molecule has 1 amide bonds. The Kier molecular flexibility index (Phi) is 4.17. The number of aliphatic hydroxyl groups is 1. The lowest BCUT2D eigenvalue weighted by molar-refractivity contribution is -0.141. The summed E-state index contributed by atoms with van der Waals surface area (Å²) in [5.74, 6) is -0.815. The van der Waals surface area contributed by atoms with Gasteiger partial charge in [-0.1, -0.05) is 6.92 Å². The van der Waals surface area contributed by atoms with E-state index >= 15 is 0 Å². The summed E-state index contributed by atoms with van der Waals surface area (Å²) in [5, 5.41) is 13.1. The normalized spacial score (nSPS) is 20.8. The molecule has 0 saturated heterocycles. The summed E-state index contributed by atoms with van der Waals surface area (Å²) in [6.07, 6.45) is 0.0196. The van der Waals surface area contributed by atoms with Crippen LogP contribution in [0, 0.1) is 5.92 Å². The first-order valence-corrected chi connectivity index (χ1v) is 9.18. The number of carbonyl (C=O) groups is 1. The van der Waals surface area contributed by atoms with Crippen molar-refractivity contribution in [2.24, 2.45) is 5.92 Å². The van der Waals surface area contributed by atoms with Gasteiger partial charge >= 0.3 is 6.18 Å². The molecule has 2 aliphatic carbocycles. The molecule has 2 N–H and O–H groups in total. The number of nitrogens with zero attached hydrogens (tertiary/aromatic N) is 3. The lowest BCUT2D eigenvalue weighted by atomic mass is 9.71. The molecule has 2 aliphatic rings. The Hall–Kier alpha value is -2.16. The lowest BCUT2D eigenvalue weighted by Crippen LogP contribution is -2.48. The van der Waals surface area contributed by atoms with Crippen LogP contribution in [0.2, 0.25) is 0 Å². The van der Waals surface area contributed by atoms with Crippen LogP contribution >= 0.6 is 0 Å². The second kappa shape index (κ2) is 6.19. The highest BCUT2D eigenvalue weighted by atomic mass is 19.4. The van der Waals surface area contributed by atoms with Crippen molar-refractivity contribution in [2.45, 2.75) is 63.3 Å². The molecule has 4 rings (SSSR count). The molecule has 9 heteroatoms. The molecular formula is C18H21F3N4O2. The van der Waals surface area contributed by atoms with E-state index in [4.69, 9.17) is 0 Å². The minimum atomic E-state index is -4.55. The fourth-order valence-electron chi connectivity index (χ4n) is 3.65. The van der Waals surface area contributed by atoms with Crippen LogP contribution < -0.4 is 5.32 Å². The number of amides is 1. The van der Waals surface area contributed by atoms with E-state index in [0.29, 0.717) is 18.4 Å². The summed E-state index contributed by atoms with van der Waals surface area (Å²) in [7, 11) is 0. The summed E-state index contributed by atoms with van der Waals surface area (Å²) >= 11 is 0. The van der Waals surface area contributed by atoms with Crippen LogP contribution in [0.4, 0.5) is 19.1 Å². The second-order valence-electron chi connectivity index (χ2n) is 7.60. The molecule has 0 unspecified atom stereocenters. The summed E-state index contributed by atoms with van der Waals surface area (Å²) in [5.41, 5.74) is -1.57. The van der Waals surface area contributed by atoms with Gasteiger partial charge in [0.2, 0.25) is 11.9 Å². The molecule has 0 bridgehead atoms. The zero-order valence-electron chi connectivity index (χ0n) is 14.9. The van der Waals surface area contributed by atoms with E-state index in [2.05, 4.69) is 15.3 Å². The second-order valence-corrected chi connectivity index (χ2v) is 7.60. The van der Waals surface area contributed by atoms with E-state index < -0.39 is 23.4 Å². The number of pyridine rings is 1. The van der Waals surface area contributed by atoms with Crippen LogP contribution in [0.5, 0.6) is 0 Å². The van der Waals surface area contributed by atoms with Crippen molar-refractivity contribution < 1.29 is 23.1 Å². The maximum Gasteiger partial charge on any atom is 0.433 e. The Balaban J connectivity index is 1.70. The van der Waals surface area contributed by atoms with Gasteiger partial charge in [0.05, 0.1) is 11.5 Å². The van der Waals surface area contributed by atoms with Crippen LogP contribution in [-0.4, -0.2) is 31.1 Å². The zero-order chi connectivity index (χ0) is 19.4. The average molecular weight is 382 g/mol. The number of hydrogen-bond donors (Lipinski definition) is 2. The number of alkyl halides is 3. The molecule has 2 fully saturated rings. The number of rotatable bonds is 4. The van der Waals surface area contributed by atoms with E-state index in [0.717, 1.165) is 31.7 Å². The van der Waals surface area contributed by atoms with Gasteiger partial charge < -0.3 is 5.11 Å². The first-order chi connectivity index (χ1) is 12.7. The third-order valence-electron chi connectivity index (χ3n) is 5.92. The van der Waals surface area contributed by atoms with Gasteiger partial charge in [-0.2, -0.15) is 13.2 Å². The van der Waals surface area contributed by atoms with Gasteiger partial charge in [-0.05, 0) is 50.7 Å². The van der Waals surface area contributed by atoms with Gasteiger partial charge in [0.15, 0.2) is 5.65 Å². The van der Waals surface area contributed by atoms with Crippen molar-refractivity contribution in [1.29, 1.82) is 0 Å². The summed E-state index contributed by atoms with van der Waals surface area (Å²) in [4.78, 5) is 20.7. The lowest BCUT2D eigenvalue weighted by Gasteiger charge is -2.40. The van der Waals surface area contributed by atoms with Gasteiger partial charge in [0, 0.05) is 6.04 Å².